The molecule has 0 aromatic heterocycles. The van der Waals surface area contributed by atoms with Crippen molar-refractivity contribution < 1.29 is 9.53 Å². The standard InChI is InChI=1S/C31H40ClIN2O2/c1-31(19-23-8-6-7-22(15-23)16-30(36)37-21-33)20-35(14-13-34(31)2)29-18-27(24-9-4-3-5-10-24)26-12-11-25(32)17-28(26)29/h3-5,9-12,17,22-23,27,29H,6-8,13-16,18-21H2,1-2H3/t22?,23?,27-,29+,31?/m0/s1. The SMILES string of the molecule is CN1CCN([C@@H]2C[C@@H](c3ccccc3)c3ccc(Cl)cc32)CC1(C)CC1CCCC(CC(=O)OCI)C1. The fourth-order valence-corrected chi connectivity index (χ4v) is 7.93. The van der Waals surface area contributed by atoms with E-state index in [-0.39, 0.29) is 11.5 Å². The van der Waals surface area contributed by atoms with Crippen LogP contribution in [-0.4, -0.2) is 52.6 Å². The number of carbonyl (C=O) groups is 1. The molecule has 2 aromatic rings. The minimum absolute atomic E-state index is 0.0289. The van der Waals surface area contributed by atoms with E-state index in [1.807, 2.05) is 0 Å². The third-order valence-corrected chi connectivity index (χ3v) is 9.91. The second-order valence-electron chi connectivity index (χ2n) is 11.8. The zero-order valence-electron chi connectivity index (χ0n) is 22.2. The number of hydrogen-bond donors (Lipinski definition) is 0. The van der Waals surface area contributed by atoms with Crippen molar-refractivity contribution in [3.05, 3.63) is 70.2 Å². The first kappa shape index (κ1) is 27.4. The number of nitrogens with zero attached hydrogens (tertiary/aromatic N) is 2. The predicted octanol–water partition coefficient (Wildman–Crippen LogP) is 7.45. The molecule has 4 nitrogen and oxygen atoms in total. The fraction of sp³-hybridized carbons (Fsp3) is 0.581. The molecule has 0 amide bonds. The third-order valence-electron chi connectivity index (χ3n) is 9.36. The van der Waals surface area contributed by atoms with Crippen molar-refractivity contribution >= 4 is 40.2 Å². The molecule has 3 aliphatic rings. The summed E-state index contributed by atoms with van der Waals surface area (Å²) in [7, 11) is 2.31. The molecule has 1 heterocycles. The van der Waals surface area contributed by atoms with E-state index >= 15 is 0 Å². The number of alkyl halides is 1. The highest BCUT2D eigenvalue weighted by Crippen LogP contribution is 2.49. The molecule has 0 N–H and O–H groups in total. The van der Waals surface area contributed by atoms with E-state index in [1.54, 1.807) is 0 Å². The van der Waals surface area contributed by atoms with Gasteiger partial charge in [-0.25, -0.2) is 0 Å². The van der Waals surface area contributed by atoms with E-state index in [4.69, 9.17) is 16.3 Å². The lowest BCUT2D eigenvalue weighted by Gasteiger charge is -2.51. The molecule has 5 atom stereocenters. The molecule has 37 heavy (non-hydrogen) atoms. The summed E-state index contributed by atoms with van der Waals surface area (Å²) < 4.78 is 5.69. The van der Waals surface area contributed by atoms with Gasteiger partial charge >= 0.3 is 5.97 Å². The van der Waals surface area contributed by atoms with Gasteiger partial charge in [-0.1, -0.05) is 60.8 Å². The van der Waals surface area contributed by atoms with Gasteiger partial charge < -0.3 is 4.74 Å². The maximum Gasteiger partial charge on any atom is 0.306 e. The molecule has 2 aromatic carbocycles. The number of fused-ring (bicyclic) bond motifs is 1. The van der Waals surface area contributed by atoms with Crippen molar-refractivity contribution in [2.45, 2.75) is 69.4 Å². The van der Waals surface area contributed by atoms with Gasteiger partial charge in [0.1, 0.15) is 4.61 Å². The van der Waals surface area contributed by atoms with Gasteiger partial charge in [-0.3, -0.25) is 14.6 Å². The Balaban J connectivity index is 1.31. The zero-order chi connectivity index (χ0) is 26.0. The quantitative estimate of drug-likeness (QED) is 0.180. The third kappa shape index (κ3) is 6.21. The number of halogens is 2. The number of esters is 1. The van der Waals surface area contributed by atoms with Crippen molar-refractivity contribution in [3.63, 3.8) is 0 Å². The van der Waals surface area contributed by atoms with Gasteiger partial charge in [-0.2, -0.15) is 0 Å². The Morgan fingerprint density at radius 1 is 1.08 bits per heavy atom. The molecule has 200 valence electrons. The van der Waals surface area contributed by atoms with Crippen LogP contribution in [0.15, 0.2) is 48.5 Å². The summed E-state index contributed by atoms with van der Waals surface area (Å²) in [5, 5.41) is 0.837. The predicted molar refractivity (Wildman–Crippen MR) is 159 cm³/mol. The van der Waals surface area contributed by atoms with Crippen LogP contribution in [0.5, 0.6) is 0 Å². The normalized spacial score (nSPS) is 30.7. The molecular formula is C31H40ClIN2O2. The lowest BCUT2D eigenvalue weighted by molar-refractivity contribution is -0.142. The van der Waals surface area contributed by atoms with Crippen LogP contribution in [0, 0.1) is 11.8 Å². The fourth-order valence-electron chi connectivity index (χ4n) is 7.40. The Bertz CT molecular complexity index is 1080. The molecule has 0 radical (unpaired) electrons. The largest absolute Gasteiger partial charge is 0.455 e. The van der Waals surface area contributed by atoms with Crippen molar-refractivity contribution in [3.8, 4) is 0 Å². The van der Waals surface area contributed by atoms with E-state index in [0.717, 1.165) is 43.9 Å². The van der Waals surface area contributed by atoms with Crippen molar-refractivity contribution in [2.24, 2.45) is 11.8 Å². The van der Waals surface area contributed by atoms with Crippen LogP contribution in [0.3, 0.4) is 0 Å². The summed E-state index contributed by atoms with van der Waals surface area (Å²) >= 11 is 8.64. The number of benzene rings is 2. The van der Waals surface area contributed by atoms with E-state index in [0.29, 0.717) is 34.8 Å². The maximum absolute atomic E-state index is 12.1. The van der Waals surface area contributed by atoms with Crippen LogP contribution in [-0.2, 0) is 9.53 Å². The van der Waals surface area contributed by atoms with Gasteiger partial charge in [0.15, 0.2) is 0 Å². The van der Waals surface area contributed by atoms with E-state index in [1.165, 1.54) is 36.0 Å². The molecule has 6 heteroatoms. The average molecular weight is 635 g/mol. The van der Waals surface area contributed by atoms with E-state index < -0.39 is 0 Å². The molecule has 0 spiro atoms. The summed E-state index contributed by atoms with van der Waals surface area (Å²) in [6.45, 7) is 5.70. The molecule has 0 bridgehead atoms. The molecular weight excluding hydrogens is 595 g/mol. The number of likely N-dealkylation sites (N-methyl/N-ethyl adjacent to an activating group) is 1. The van der Waals surface area contributed by atoms with Gasteiger partial charge in [0.05, 0.1) is 0 Å². The number of ether oxygens (including phenoxy) is 1. The second kappa shape index (κ2) is 11.9. The molecule has 3 unspecified atom stereocenters. The van der Waals surface area contributed by atoms with Crippen LogP contribution in [0.2, 0.25) is 5.02 Å². The first-order valence-corrected chi connectivity index (χ1v) is 15.8. The van der Waals surface area contributed by atoms with E-state index in [9.17, 15) is 4.79 Å². The van der Waals surface area contributed by atoms with Gasteiger partial charge in [0.2, 0.25) is 0 Å². The zero-order valence-corrected chi connectivity index (χ0v) is 25.1. The summed E-state index contributed by atoms with van der Waals surface area (Å²) in [6.07, 6.45) is 7.70. The van der Waals surface area contributed by atoms with Crippen LogP contribution in [0.25, 0.3) is 0 Å². The Labute approximate surface area is 241 Å². The van der Waals surface area contributed by atoms with Crippen LogP contribution in [0.1, 0.15) is 80.5 Å². The Morgan fingerprint density at radius 3 is 2.65 bits per heavy atom. The van der Waals surface area contributed by atoms with Gasteiger partial charge in [-0.15, -0.1) is 0 Å². The van der Waals surface area contributed by atoms with Crippen molar-refractivity contribution in [1.29, 1.82) is 0 Å². The summed E-state index contributed by atoms with van der Waals surface area (Å²) in [5.74, 6) is 1.53. The highest BCUT2D eigenvalue weighted by atomic mass is 127. The lowest BCUT2D eigenvalue weighted by Crippen LogP contribution is -2.60. The Hall–Kier alpha value is -1.15. The summed E-state index contributed by atoms with van der Waals surface area (Å²) in [5.41, 5.74) is 4.38. The number of rotatable bonds is 7. The van der Waals surface area contributed by atoms with Gasteiger partial charge in [0, 0.05) is 48.6 Å². The minimum Gasteiger partial charge on any atom is -0.455 e. The lowest BCUT2D eigenvalue weighted by atomic mass is 9.73. The highest BCUT2D eigenvalue weighted by Gasteiger charge is 2.43. The number of hydrogen-bond acceptors (Lipinski definition) is 4. The first-order valence-electron chi connectivity index (χ1n) is 13.9. The van der Waals surface area contributed by atoms with Gasteiger partial charge in [0.25, 0.3) is 0 Å². The average Bonchev–Trinajstić information content (AvgIpc) is 3.25. The monoisotopic (exact) mass is 634 g/mol. The summed E-state index contributed by atoms with van der Waals surface area (Å²) in [4.78, 5) is 17.5. The van der Waals surface area contributed by atoms with Gasteiger partial charge in [-0.05, 0) is 103 Å². The number of carbonyl (C=O) groups excluding carboxylic acids is 1. The molecule has 2 aliphatic carbocycles. The molecule has 1 saturated carbocycles. The molecule has 5 rings (SSSR count). The molecule has 1 saturated heterocycles. The van der Waals surface area contributed by atoms with Crippen LogP contribution in [0.4, 0.5) is 0 Å². The highest BCUT2D eigenvalue weighted by molar-refractivity contribution is 14.1. The van der Waals surface area contributed by atoms with Crippen LogP contribution >= 0.6 is 34.2 Å². The Morgan fingerprint density at radius 2 is 1.86 bits per heavy atom. The first-order chi connectivity index (χ1) is 17.9. The minimum atomic E-state index is -0.0289. The second-order valence-corrected chi connectivity index (χ2v) is 12.9. The maximum atomic E-state index is 12.1. The molecule has 2 fully saturated rings. The van der Waals surface area contributed by atoms with E-state index in [2.05, 4.69) is 94.9 Å². The summed E-state index contributed by atoms with van der Waals surface area (Å²) in [6, 6.07) is 17.9. The topological polar surface area (TPSA) is 32.8 Å². The van der Waals surface area contributed by atoms with Crippen molar-refractivity contribution in [1.82, 2.24) is 9.80 Å². The number of piperazine rings is 1. The van der Waals surface area contributed by atoms with Crippen molar-refractivity contribution in [2.75, 3.05) is 31.3 Å². The smallest absolute Gasteiger partial charge is 0.306 e. The molecule has 1 aliphatic heterocycles. The van der Waals surface area contributed by atoms with Crippen LogP contribution < -0.4 is 0 Å². The Kier molecular flexibility index (Phi) is 8.84.